The molecule has 1 N–H and O–H groups in total. The molecular weight excluding hydrogens is 423 g/mol. The van der Waals surface area contributed by atoms with E-state index in [9.17, 15) is 4.79 Å². The van der Waals surface area contributed by atoms with Crippen LogP contribution >= 0.6 is 22.6 Å². The highest BCUT2D eigenvalue weighted by Crippen LogP contribution is 2.33. The van der Waals surface area contributed by atoms with Gasteiger partial charge in [0.2, 0.25) is 0 Å². The summed E-state index contributed by atoms with van der Waals surface area (Å²) in [6.45, 7) is -0.175. The lowest BCUT2D eigenvalue weighted by Crippen LogP contribution is -2.13. The second-order valence-corrected chi connectivity index (χ2v) is 5.80. The maximum atomic E-state index is 11.2. The number of halogens is 1. The zero-order valence-corrected chi connectivity index (χ0v) is 15.4. The number of hydrogen-bond donors (Lipinski definition) is 1. The molecule has 0 aliphatic heterocycles. The number of nitrogens with zero attached hydrogens (tertiary/aromatic N) is 1. The molecule has 6 nitrogen and oxygen atoms in total. The molecule has 0 heterocycles. The van der Waals surface area contributed by atoms with Crippen LogP contribution < -0.4 is 14.9 Å². The molecule has 0 saturated heterocycles. The molecule has 2 rings (SSSR count). The number of carbonyl (C=O) groups is 1. The first kappa shape index (κ1) is 18.1. The van der Waals surface area contributed by atoms with Crippen LogP contribution in [-0.2, 0) is 9.53 Å². The Morgan fingerprint density at radius 2 is 2.00 bits per heavy atom. The SMILES string of the molecule is COC(=O)COc1c(I)cc(C=NNc2ccccc2)cc1OC. The van der Waals surface area contributed by atoms with Crippen LogP contribution in [0.2, 0.25) is 0 Å². The van der Waals surface area contributed by atoms with Crippen molar-refractivity contribution in [2.75, 3.05) is 26.3 Å². The van der Waals surface area contributed by atoms with Crippen LogP contribution in [0.4, 0.5) is 5.69 Å². The predicted octanol–water partition coefficient (Wildman–Crippen LogP) is 3.30. The van der Waals surface area contributed by atoms with Gasteiger partial charge >= 0.3 is 5.97 Å². The van der Waals surface area contributed by atoms with Crippen LogP contribution in [0.3, 0.4) is 0 Å². The highest BCUT2D eigenvalue weighted by atomic mass is 127. The van der Waals surface area contributed by atoms with Crippen molar-refractivity contribution in [2.45, 2.75) is 0 Å². The zero-order chi connectivity index (χ0) is 17.4. The van der Waals surface area contributed by atoms with Crippen molar-refractivity contribution in [1.82, 2.24) is 0 Å². The lowest BCUT2D eigenvalue weighted by molar-refractivity contribution is -0.142. The summed E-state index contributed by atoms with van der Waals surface area (Å²) in [5.41, 5.74) is 4.68. The Morgan fingerprint density at radius 1 is 1.25 bits per heavy atom. The van der Waals surface area contributed by atoms with Crippen molar-refractivity contribution in [1.29, 1.82) is 0 Å². The Balaban J connectivity index is 2.11. The fourth-order valence-corrected chi connectivity index (χ4v) is 2.62. The highest BCUT2D eigenvalue weighted by molar-refractivity contribution is 14.1. The Bertz CT molecular complexity index is 720. The van der Waals surface area contributed by atoms with Crippen LogP contribution in [0.5, 0.6) is 11.5 Å². The number of esters is 1. The van der Waals surface area contributed by atoms with E-state index in [2.05, 4.69) is 37.9 Å². The lowest BCUT2D eigenvalue weighted by Gasteiger charge is -2.12. The van der Waals surface area contributed by atoms with Gasteiger partial charge in [0.15, 0.2) is 18.1 Å². The number of carbonyl (C=O) groups excluding carboxylic acids is 1. The fourth-order valence-electron chi connectivity index (χ4n) is 1.84. The van der Waals surface area contributed by atoms with Crippen LogP contribution in [0, 0.1) is 3.57 Å². The summed E-state index contributed by atoms with van der Waals surface area (Å²) in [5, 5.41) is 4.20. The van der Waals surface area contributed by atoms with Crippen molar-refractivity contribution in [3.8, 4) is 11.5 Å². The Morgan fingerprint density at radius 3 is 2.67 bits per heavy atom. The Hall–Kier alpha value is -2.29. The van der Waals surface area contributed by atoms with Gasteiger partial charge in [-0.25, -0.2) is 4.79 Å². The summed E-state index contributed by atoms with van der Waals surface area (Å²) < 4.78 is 16.2. The summed E-state index contributed by atoms with van der Waals surface area (Å²) in [4.78, 5) is 11.2. The van der Waals surface area contributed by atoms with Gasteiger partial charge in [0.25, 0.3) is 0 Å². The smallest absolute Gasteiger partial charge is 0.343 e. The summed E-state index contributed by atoms with van der Waals surface area (Å²) in [7, 11) is 2.85. The summed E-state index contributed by atoms with van der Waals surface area (Å²) in [6.07, 6.45) is 1.68. The van der Waals surface area contributed by atoms with Crippen LogP contribution in [-0.4, -0.2) is 33.0 Å². The van der Waals surface area contributed by atoms with Gasteiger partial charge in [-0.15, -0.1) is 0 Å². The molecule has 2 aromatic carbocycles. The van der Waals surface area contributed by atoms with Crippen LogP contribution in [0.25, 0.3) is 0 Å². The normalized spacial score (nSPS) is 10.5. The average Bonchev–Trinajstić information content (AvgIpc) is 2.61. The third-order valence-electron chi connectivity index (χ3n) is 2.99. The molecular formula is C17H17IN2O4. The molecule has 0 spiro atoms. The maximum absolute atomic E-state index is 11.2. The minimum Gasteiger partial charge on any atom is -0.493 e. The van der Waals surface area contributed by atoms with Crippen molar-refractivity contribution < 1.29 is 19.0 Å². The van der Waals surface area contributed by atoms with E-state index >= 15 is 0 Å². The van der Waals surface area contributed by atoms with E-state index < -0.39 is 5.97 Å². The maximum Gasteiger partial charge on any atom is 0.343 e. The first-order chi connectivity index (χ1) is 11.6. The lowest BCUT2D eigenvalue weighted by atomic mass is 10.2. The molecule has 0 bridgehead atoms. The standard InChI is InChI=1S/C17H17IN2O4/c1-22-15-9-12(10-19-20-13-6-4-3-5-7-13)8-14(18)17(15)24-11-16(21)23-2/h3-10,20H,11H2,1-2H3. The number of methoxy groups -OCH3 is 2. The summed E-state index contributed by atoms with van der Waals surface area (Å²) in [6, 6.07) is 13.3. The van der Waals surface area contributed by atoms with E-state index in [-0.39, 0.29) is 6.61 Å². The van der Waals surface area contributed by atoms with E-state index in [1.165, 1.54) is 7.11 Å². The molecule has 0 saturated carbocycles. The molecule has 7 heteroatoms. The molecule has 0 radical (unpaired) electrons. The largest absolute Gasteiger partial charge is 0.493 e. The van der Waals surface area contributed by atoms with Gasteiger partial charge < -0.3 is 14.2 Å². The third kappa shape index (κ3) is 5.12. The molecule has 0 unspecified atom stereocenters. The summed E-state index contributed by atoms with van der Waals surface area (Å²) >= 11 is 2.12. The van der Waals surface area contributed by atoms with Crippen molar-refractivity contribution >= 4 is 40.5 Å². The highest BCUT2D eigenvalue weighted by Gasteiger charge is 2.13. The van der Waals surface area contributed by atoms with Crippen molar-refractivity contribution in [2.24, 2.45) is 5.10 Å². The van der Waals surface area contributed by atoms with E-state index in [0.29, 0.717) is 11.5 Å². The second-order valence-electron chi connectivity index (χ2n) is 4.63. The Kier molecular flexibility index (Phi) is 6.86. The molecule has 0 amide bonds. The van der Waals surface area contributed by atoms with Gasteiger partial charge in [-0.1, -0.05) is 18.2 Å². The monoisotopic (exact) mass is 440 g/mol. The van der Waals surface area contributed by atoms with Crippen molar-refractivity contribution in [3.05, 3.63) is 51.6 Å². The number of rotatable bonds is 7. The van der Waals surface area contributed by atoms with Crippen LogP contribution in [0.1, 0.15) is 5.56 Å². The fraction of sp³-hybridized carbons (Fsp3) is 0.176. The van der Waals surface area contributed by atoms with Gasteiger partial charge in [-0.05, 0) is 52.4 Å². The van der Waals surface area contributed by atoms with Gasteiger partial charge in [-0.3, -0.25) is 5.43 Å². The van der Waals surface area contributed by atoms with Gasteiger partial charge in [0, 0.05) is 0 Å². The third-order valence-corrected chi connectivity index (χ3v) is 3.80. The molecule has 0 aliphatic rings. The Labute approximate surface area is 153 Å². The topological polar surface area (TPSA) is 69.2 Å². The number of hydrazone groups is 1. The number of para-hydroxylation sites is 1. The molecule has 2 aromatic rings. The molecule has 24 heavy (non-hydrogen) atoms. The number of nitrogens with one attached hydrogen (secondary N) is 1. The number of ether oxygens (including phenoxy) is 3. The van der Waals surface area contributed by atoms with E-state index in [0.717, 1.165) is 14.8 Å². The number of benzene rings is 2. The van der Waals surface area contributed by atoms with E-state index in [1.54, 1.807) is 19.4 Å². The average molecular weight is 440 g/mol. The predicted molar refractivity (Wildman–Crippen MR) is 101 cm³/mol. The van der Waals surface area contributed by atoms with E-state index in [4.69, 9.17) is 9.47 Å². The minimum absolute atomic E-state index is 0.175. The van der Waals surface area contributed by atoms with E-state index in [1.807, 2.05) is 36.4 Å². The van der Waals surface area contributed by atoms with Gasteiger partial charge in [-0.2, -0.15) is 5.10 Å². The number of anilines is 1. The second kappa shape index (κ2) is 9.11. The van der Waals surface area contributed by atoms with Gasteiger partial charge in [0.1, 0.15) is 0 Å². The molecule has 0 aliphatic carbocycles. The first-order valence-corrected chi connectivity index (χ1v) is 8.13. The zero-order valence-electron chi connectivity index (χ0n) is 13.3. The van der Waals surface area contributed by atoms with Gasteiger partial charge in [0.05, 0.1) is 29.7 Å². The minimum atomic E-state index is -0.453. The molecule has 0 fully saturated rings. The summed E-state index contributed by atoms with van der Waals surface area (Å²) in [5.74, 6) is 0.564. The molecule has 126 valence electrons. The first-order valence-electron chi connectivity index (χ1n) is 7.05. The quantitative estimate of drug-likeness (QED) is 0.310. The molecule has 0 atom stereocenters. The molecule has 0 aromatic heterocycles. The van der Waals surface area contributed by atoms with Crippen molar-refractivity contribution in [3.63, 3.8) is 0 Å². The number of hydrogen-bond acceptors (Lipinski definition) is 6. The van der Waals surface area contributed by atoms with Crippen LogP contribution in [0.15, 0.2) is 47.6 Å².